The van der Waals surface area contributed by atoms with E-state index < -0.39 is 0 Å². The van der Waals surface area contributed by atoms with Gasteiger partial charge in [-0.2, -0.15) is 8.75 Å². The molecule has 0 unspecified atom stereocenters. The van der Waals surface area contributed by atoms with Crippen molar-refractivity contribution >= 4 is 34.4 Å². The maximum absolute atomic E-state index is 12.5. The van der Waals surface area contributed by atoms with Crippen molar-refractivity contribution in [3.05, 3.63) is 54.4 Å². The first kappa shape index (κ1) is 14.5. The largest absolute Gasteiger partial charge is 0.322 e. The number of hydrogen-bond donors (Lipinski definition) is 1. The van der Waals surface area contributed by atoms with Gasteiger partial charge >= 0.3 is 0 Å². The van der Waals surface area contributed by atoms with Gasteiger partial charge in [0.2, 0.25) is 0 Å². The third-order valence-corrected chi connectivity index (χ3v) is 4.19. The second-order valence-electron chi connectivity index (χ2n) is 5.23. The SMILES string of the molecule is Cn1cnnc1-c1ccc(NC(=O)c2cccc3nsnc23)cc1. The van der Waals surface area contributed by atoms with E-state index in [0.29, 0.717) is 16.8 Å². The van der Waals surface area contributed by atoms with Crippen LogP contribution in [0.4, 0.5) is 5.69 Å². The molecule has 2 aromatic carbocycles. The average Bonchev–Trinajstić information content (AvgIpc) is 3.24. The third-order valence-electron chi connectivity index (χ3n) is 3.64. The summed E-state index contributed by atoms with van der Waals surface area (Å²) >= 11 is 1.10. The summed E-state index contributed by atoms with van der Waals surface area (Å²) in [5.74, 6) is 0.561. The van der Waals surface area contributed by atoms with E-state index in [1.165, 1.54) is 0 Å². The highest BCUT2D eigenvalue weighted by Crippen LogP contribution is 2.21. The second-order valence-corrected chi connectivity index (χ2v) is 5.76. The predicted octanol–water partition coefficient (Wildman–Crippen LogP) is 2.74. The minimum absolute atomic E-state index is 0.209. The molecule has 0 radical (unpaired) electrons. The molecule has 0 saturated carbocycles. The van der Waals surface area contributed by atoms with Crippen LogP contribution in [-0.4, -0.2) is 29.4 Å². The van der Waals surface area contributed by atoms with E-state index in [1.807, 2.05) is 41.9 Å². The van der Waals surface area contributed by atoms with Crippen LogP contribution in [0.1, 0.15) is 10.4 Å². The van der Waals surface area contributed by atoms with Gasteiger partial charge in [0.05, 0.1) is 17.3 Å². The molecular weight excluding hydrogens is 324 g/mol. The van der Waals surface area contributed by atoms with Gasteiger partial charge in [-0.05, 0) is 36.4 Å². The van der Waals surface area contributed by atoms with Gasteiger partial charge in [0.15, 0.2) is 5.82 Å². The summed E-state index contributed by atoms with van der Waals surface area (Å²) in [5.41, 5.74) is 3.49. The molecule has 118 valence electrons. The lowest BCUT2D eigenvalue weighted by Crippen LogP contribution is -2.12. The third kappa shape index (κ3) is 2.52. The fraction of sp³-hybridized carbons (Fsp3) is 0.0625. The monoisotopic (exact) mass is 336 g/mol. The molecule has 0 aliphatic rings. The Morgan fingerprint density at radius 1 is 1.12 bits per heavy atom. The Kier molecular flexibility index (Phi) is 3.51. The second kappa shape index (κ2) is 5.82. The summed E-state index contributed by atoms with van der Waals surface area (Å²) in [7, 11) is 1.88. The number of anilines is 1. The summed E-state index contributed by atoms with van der Waals surface area (Å²) in [4.78, 5) is 12.5. The highest BCUT2D eigenvalue weighted by atomic mass is 32.1. The van der Waals surface area contributed by atoms with Crippen molar-refractivity contribution in [2.75, 3.05) is 5.32 Å². The van der Waals surface area contributed by atoms with Crippen LogP contribution in [0.5, 0.6) is 0 Å². The lowest BCUT2D eigenvalue weighted by atomic mass is 10.1. The number of aryl methyl sites for hydroxylation is 1. The lowest BCUT2D eigenvalue weighted by Gasteiger charge is -2.07. The molecule has 0 atom stereocenters. The zero-order valence-corrected chi connectivity index (χ0v) is 13.5. The maximum atomic E-state index is 12.5. The zero-order valence-electron chi connectivity index (χ0n) is 12.7. The van der Waals surface area contributed by atoms with Gasteiger partial charge < -0.3 is 9.88 Å². The van der Waals surface area contributed by atoms with E-state index in [4.69, 9.17) is 0 Å². The summed E-state index contributed by atoms with van der Waals surface area (Å²) < 4.78 is 10.2. The molecule has 24 heavy (non-hydrogen) atoms. The van der Waals surface area contributed by atoms with Crippen LogP contribution in [-0.2, 0) is 7.05 Å². The fourth-order valence-corrected chi connectivity index (χ4v) is 2.98. The van der Waals surface area contributed by atoms with Crippen LogP contribution < -0.4 is 5.32 Å². The van der Waals surface area contributed by atoms with Crippen LogP contribution >= 0.6 is 11.7 Å². The van der Waals surface area contributed by atoms with E-state index in [1.54, 1.807) is 18.5 Å². The van der Waals surface area contributed by atoms with Crippen molar-refractivity contribution in [3.8, 4) is 11.4 Å². The number of hydrogen-bond acceptors (Lipinski definition) is 6. The molecule has 0 aliphatic heterocycles. The number of carbonyl (C=O) groups is 1. The highest BCUT2D eigenvalue weighted by molar-refractivity contribution is 7.00. The zero-order chi connectivity index (χ0) is 16.5. The summed E-state index contributed by atoms with van der Waals surface area (Å²) in [6.45, 7) is 0. The van der Waals surface area contributed by atoms with Crippen molar-refractivity contribution in [1.29, 1.82) is 0 Å². The van der Waals surface area contributed by atoms with Crippen molar-refractivity contribution in [1.82, 2.24) is 23.5 Å². The molecule has 8 heteroatoms. The number of fused-ring (bicyclic) bond motifs is 1. The van der Waals surface area contributed by atoms with E-state index in [9.17, 15) is 4.79 Å². The molecule has 4 rings (SSSR count). The normalized spacial score (nSPS) is 10.9. The Labute approximate surface area is 141 Å². The number of benzene rings is 2. The van der Waals surface area contributed by atoms with Gasteiger partial charge in [-0.15, -0.1) is 10.2 Å². The highest BCUT2D eigenvalue weighted by Gasteiger charge is 2.13. The Morgan fingerprint density at radius 3 is 2.71 bits per heavy atom. The molecule has 7 nitrogen and oxygen atoms in total. The number of carbonyl (C=O) groups excluding carboxylic acids is 1. The maximum Gasteiger partial charge on any atom is 0.257 e. The molecule has 2 heterocycles. The topological polar surface area (TPSA) is 85.6 Å². The average molecular weight is 336 g/mol. The van der Waals surface area contributed by atoms with E-state index in [-0.39, 0.29) is 5.91 Å². The molecule has 1 N–H and O–H groups in total. The van der Waals surface area contributed by atoms with Gasteiger partial charge in [-0.3, -0.25) is 4.79 Å². The molecule has 0 fully saturated rings. The number of aromatic nitrogens is 5. The first-order chi connectivity index (χ1) is 11.7. The van der Waals surface area contributed by atoms with E-state index >= 15 is 0 Å². The van der Waals surface area contributed by atoms with Gasteiger partial charge in [0.25, 0.3) is 5.91 Å². The Morgan fingerprint density at radius 2 is 1.96 bits per heavy atom. The van der Waals surface area contributed by atoms with E-state index in [0.717, 1.165) is 28.6 Å². The first-order valence-electron chi connectivity index (χ1n) is 7.19. The van der Waals surface area contributed by atoms with Crippen LogP contribution in [0, 0.1) is 0 Å². The molecule has 0 bridgehead atoms. The van der Waals surface area contributed by atoms with Crippen LogP contribution in [0.2, 0.25) is 0 Å². The van der Waals surface area contributed by atoms with Crippen molar-refractivity contribution in [3.63, 3.8) is 0 Å². The summed E-state index contributed by atoms with van der Waals surface area (Å²) in [5, 5.41) is 10.8. The number of amides is 1. The molecule has 0 spiro atoms. The lowest BCUT2D eigenvalue weighted by molar-refractivity contribution is 0.102. The Hall–Kier alpha value is -3.13. The van der Waals surface area contributed by atoms with Crippen LogP contribution in [0.3, 0.4) is 0 Å². The van der Waals surface area contributed by atoms with Gasteiger partial charge in [0, 0.05) is 18.3 Å². The summed E-state index contributed by atoms with van der Waals surface area (Å²) in [6.07, 6.45) is 1.65. The van der Waals surface area contributed by atoms with Gasteiger partial charge in [-0.1, -0.05) is 6.07 Å². The van der Waals surface area contributed by atoms with Gasteiger partial charge in [-0.25, -0.2) is 0 Å². The molecular formula is C16H12N6OS. The minimum Gasteiger partial charge on any atom is -0.322 e. The number of rotatable bonds is 3. The Bertz CT molecular complexity index is 1020. The smallest absolute Gasteiger partial charge is 0.257 e. The summed E-state index contributed by atoms with van der Waals surface area (Å²) in [6, 6.07) is 12.8. The fourth-order valence-electron chi connectivity index (χ4n) is 2.44. The molecule has 4 aromatic rings. The first-order valence-corrected chi connectivity index (χ1v) is 7.92. The van der Waals surface area contributed by atoms with Crippen molar-refractivity contribution in [2.24, 2.45) is 7.05 Å². The van der Waals surface area contributed by atoms with Crippen molar-refractivity contribution in [2.45, 2.75) is 0 Å². The van der Waals surface area contributed by atoms with Gasteiger partial charge in [0.1, 0.15) is 17.4 Å². The van der Waals surface area contributed by atoms with Crippen LogP contribution in [0.15, 0.2) is 48.8 Å². The molecule has 0 saturated heterocycles. The number of nitrogens with zero attached hydrogens (tertiary/aromatic N) is 5. The minimum atomic E-state index is -0.209. The number of nitrogens with one attached hydrogen (secondary N) is 1. The van der Waals surface area contributed by atoms with E-state index in [2.05, 4.69) is 24.3 Å². The van der Waals surface area contributed by atoms with Crippen LogP contribution in [0.25, 0.3) is 22.4 Å². The molecule has 2 aromatic heterocycles. The Balaban J connectivity index is 1.58. The predicted molar refractivity (Wildman–Crippen MR) is 91.8 cm³/mol. The quantitative estimate of drug-likeness (QED) is 0.622. The van der Waals surface area contributed by atoms with Crippen molar-refractivity contribution < 1.29 is 4.79 Å². The molecule has 0 aliphatic carbocycles. The molecule has 1 amide bonds. The standard InChI is InChI=1S/C16H12N6OS/c1-22-9-17-19-15(22)10-5-7-11(8-6-10)18-16(23)12-3-2-4-13-14(12)21-24-20-13/h2-9H,1H3,(H,18,23).